The molecule has 0 aliphatic carbocycles. The van der Waals surface area contributed by atoms with Crippen molar-refractivity contribution in [1.82, 2.24) is 0 Å². The summed E-state index contributed by atoms with van der Waals surface area (Å²) in [6.07, 6.45) is 0. The van der Waals surface area contributed by atoms with Crippen LogP contribution < -0.4 is 5.90 Å². The minimum Gasteiger partial charge on any atom is -0.597 e. The van der Waals surface area contributed by atoms with Crippen molar-refractivity contribution in [3.05, 3.63) is 5.21 Å². The predicted molar refractivity (Wildman–Crippen MR) is 20.7 cm³/mol. The largest absolute Gasteiger partial charge is 0.597 e. The van der Waals surface area contributed by atoms with Gasteiger partial charge in [-0.25, -0.2) is 0 Å². The molecule has 0 radical (unpaired) electrons. The summed E-state index contributed by atoms with van der Waals surface area (Å²) < 4.78 is 0. The second-order valence-corrected chi connectivity index (χ2v) is 1.36. The van der Waals surface area contributed by atoms with Crippen molar-refractivity contribution >= 4 is 0 Å². The molecule has 0 saturated heterocycles. The Balaban J connectivity index is 3.17. The summed E-state index contributed by atoms with van der Waals surface area (Å²) in [5.41, 5.74) is 0. The highest BCUT2D eigenvalue weighted by Gasteiger charge is 1.93. The number of nitrogens with zero attached hydrogens (tertiary/aromatic N) is 1. The number of hydroxylamine groups is 4. The lowest BCUT2D eigenvalue weighted by molar-refractivity contribution is -1.04. The Morgan fingerprint density at radius 1 is 1.67 bits per heavy atom. The Kier molecular flexibility index (Phi) is 1.48. The normalized spacial score (nSPS) is 12.0. The van der Waals surface area contributed by atoms with E-state index >= 15 is 0 Å². The molecule has 0 atom stereocenters. The van der Waals surface area contributed by atoms with Crippen LogP contribution in [0.1, 0.15) is 0 Å². The van der Waals surface area contributed by atoms with E-state index < -0.39 is 4.81 Å². The van der Waals surface area contributed by atoms with Gasteiger partial charge in [-0.3, -0.25) is 0 Å². The Hall–Kier alpha value is -0.160. The van der Waals surface area contributed by atoms with Gasteiger partial charge in [0.15, 0.2) is 0 Å². The highest BCUT2D eigenvalue weighted by molar-refractivity contribution is 3.98. The van der Waals surface area contributed by atoms with E-state index in [0.29, 0.717) is 0 Å². The third kappa shape index (κ3) is 3.84. The zero-order chi connectivity index (χ0) is 5.21. The molecule has 0 bridgehead atoms. The zero-order valence-electron chi connectivity index (χ0n) is 3.84. The van der Waals surface area contributed by atoms with Crippen LogP contribution in [-0.2, 0) is 4.94 Å². The standard InChI is InChI=1S/C2H8N2O2/c1-4(2,5)6-3/h3H2,1-2H3. The van der Waals surface area contributed by atoms with E-state index in [4.69, 9.17) is 0 Å². The summed E-state index contributed by atoms with van der Waals surface area (Å²) in [5, 5.41) is 10.1. The fraction of sp³-hybridized carbons (Fsp3) is 1.00. The molecule has 0 rings (SSSR count). The van der Waals surface area contributed by atoms with Gasteiger partial charge in [-0.2, -0.15) is 10.7 Å². The van der Waals surface area contributed by atoms with E-state index in [1.54, 1.807) is 0 Å². The number of hydrogen-bond donors (Lipinski definition) is 1. The van der Waals surface area contributed by atoms with E-state index in [9.17, 15) is 5.21 Å². The molecule has 4 nitrogen and oxygen atoms in total. The highest BCUT2D eigenvalue weighted by Crippen LogP contribution is 1.84. The predicted octanol–water partition coefficient (Wildman–Crippen LogP) is -0.634. The van der Waals surface area contributed by atoms with Crippen LogP contribution in [0.4, 0.5) is 0 Å². The molecule has 6 heavy (non-hydrogen) atoms. The summed E-state index contributed by atoms with van der Waals surface area (Å²) >= 11 is 0. The fourth-order valence-electron chi connectivity index (χ4n) is 0. The van der Waals surface area contributed by atoms with Crippen LogP contribution in [0.25, 0.3) is 0 Å². The van der Waals surface area contributed by atoms with Crippen molar-refractivity contribution in [2.45, 2.75) is 0 Å². The maximum absolute atomic E-state index is 10.1. The zero-order valence-corrected chi connectivity index (χ0v) is 3.84. The van der Waals surface area contributed by atoms with E-state index in [1.165, 1.54) is 14.1 Å². The quantitative estimate of drug-likeness (QED) is 0.346. The van der Waals surface area contributed by atoms with Crippen molar-refractivity contribution in [3.63, 3.8) is 0 Å². The minimum absolute atomic E-state index is 0.903. The van der Waals surface area contributed by atoms with Crippen molar-refractivity contribution in [3.8, 4) is 0 Å². The molecule has 0 aliphatic heterocycles. The van der Waals surface area contributed by atoms with E-state index in [1.807, 2.05) is 0 Å². The molecule has 0 spiro atoms. The van der Waals surface area contributed by atoms with Gasteiger partial charge in [-0.15, -0.1) is 4.94 Å². The lowest BCUT2D eigenvalue weighted by Gasteiger charge is -2.25. The number of rotatable bonds is 1. The van der Waals surface area contributed by atoms with Gasteiger partial charge >= 0.3 is 0 Å². The molecule has 0 aliphatic rings. The summed E-state index contributed by atoms with van der Waals surface area (Å²) in [7, 11) is 2.56. The van der Waals surface area contributed by atoms with E-state index in [0.717, 1.165) is 0 Å². The molecule has 0 saturated carbocycles. The first-order chi connectivity index (χ1) is 2.56. The van der Waals surface area contributed by atoms with E-state index in [2.05, 4.69) is 10.8 Å². The molecule has 0 aromatic heterocycles. The topological polar surface area (TPSA) is 58.3 Å². The molecule has 0 amide bonds. The summed E-state index contributed by atoms with van der Waals surface area (Å²) in [6.45, 7) is 0. The van der Waals surface area contributed by atoms with Crippen LogP contribution in [0, 0.1) is 5.21 Å². The highest BCUT2D eigenvalue weighted by atomic mass is 17.0. The molecule has 2 N–H and O–H groups in total. The SMILES string of the molecule is C[N+](C)([O-])ON. The Morgan fingerprint density at radius 2 is 1.83 bits per heavy atom. The van der Waals surface area contributed by atoms with Crippen LogP contribution in [0.15, 0.2) is 0 Å². The van der Waals surface area contributed by atoms with Crippen LogP contribution in [0.3, 0.4) is 0 Å². The van der Waals surface area contributed by atoms with Gasteiger partial charge < -0.3 is 5.21 Å². The molecule has 0 aromatic rings. The van der Waals surface area contributed by atoms with Gasteiger partial charge in [0, 0.05) is 0 Å². The molecule has 0 unspecified atom stereocenters. The van der Waals surface area contributed by atoms with Crippen LogP contribution in [0.5, 0.6) is 0 Å². The maximum atomic E-state index is 10.1. The molecular weight excluding hydrogens is 84.0 g/mol. The van der Waals surface area contributed by atoms with Crippen LogP contribution in [-0.4, -0.2) is 18.9 Å². The minimum atomic E-state index is -0.903. The molecule has 38 valence electrons. The first-order valence-electron chi connectivity index (χ1n) is 1.50. The van der Waals surface area contributed by atoms with Gasteiger partial charge in [-0.1, -0.05) is 0 Å². The lowest BCUT2D eigenvalue weighted by Crippen LogP contribution is -2.35. The van der Waals surface area contributed by atoms with Crippen molar-refractivity contribution in [2.24, 2.45) is 5.90 Å². The average molecular weight is 92.1 g/mol. The van der Waals surface area contributed by atoms with Gasteiger partial charge in [0.25, 0.3) is 0 Å². The Labute approximate surface area is 36.2 Å². The van der Waals surface area contributed by atoms with Crippen molar-refractivity contribution in [1.29, 1.82) is 0 Å². The van der Waals surface area contributed by atoms with Crippen molar-refractivity contribution < 1.29 is 9.75 Å². The van der Waals surface area contributed by atoms with Crippen molar-refractivity contribution in [2.75, 3.05) is 14.1 Å². The van der Waals surface area contributed by atoms with Gasteiger partial charge in [0.05, 0.1) is 14.1 Å². The summed E-state index contributed by atoms with van der Waals surface area (Å²) in [6, 6.07) is 0. The summed E-state index contributed by atoms with van der Waals surface area (Å²) in [4.78, 5) is 2.92. The Morgan fingerprint density at radius 3 is 1.83 bits per heavy atom. The second kappa shape index (κ2) is 1.53. The molecule has 0 aromatic carbocycles. The van der Waals surface area contributed by atoms with Gasteiger partial charge in [-0.05, 0) is 0 Å². The second-order valence-electron chi connectivity index (χ2n) is 1.36. The smallest absolute Gasteiger partial charge is 0.0997 e. The third-order valence-electron chi connectivity index (χ3n) is 0.254. The fourth-order valence-corrected chi connectivity index (χ4v) is 0. The monoisotopic (exact) mass is 92.1 g/mol. The molecular formula is C2H8N2O2. The first kappa shape index (κ1) is 5.84. The lowest BCUT2D eigenvalue weighted by atomic mass is 11.2. The van der Waals surface area contributed by atoms with Crippen LogP contribution in [0.2, 0.25) is 0 Å². The Bertz CT molecular complexity index is 39.3. The average Bonchev–Trinajstić information content (AvgIpc) is 1.35. The van der Waals surface area contributed by atoms with Crippen LogP contribution >= 0.6 is 0 Å². The maximum Gasteiger partial charge on any atom is 0.0997 e. The van der Waals surface area contributed by atoms with Gasteiger partial charge in [0.1, 0.15) is 0 Å². The third-order valence-corrected chi connectivity index (χ3v) is 0.254. The molecule has 4 heteroatoms. The summed E-state index contributed by atoms with van der Waals surface area (Å²) in [5.74, 6) is 4.47. The number of nitrogens with two attached hydrogens (primary N) is 1. The number of quaternary nitrogens is 1. The molecule has 0 fully saturated rings. The first-order valence-corrected chi connectivity index (χ1v) is 1.50. The molecule has 0 heterocycles. The number of hydrogen-bond acceptors (Lipinski definition) is 3. The van der Waals surface area contributed by atoms with Gasteiger partial charge in [0.2, 0.25) is 0 Å². The van der Waals surface area contributed by atoms with E-state index in [-0.39, 0.29) is 0 Å².